The maximum Gasteiger partial charge on any atom is 0.408 e. The van der Waals surface area contributed by atoms with E-state index in [0.717, 1.165) is 6.42 Å². The Bertz CT molecular complexity index is 958. The van der Waals surface area contributed by atoms with Crippen LogP contribution in [0.25, 0.3) is 0 Å². The van der Waals surface area contributed by atoms with Gasteiger partial charge in [-0.05, 0) is 70.9 Å². The Kier molecular flexibility index (Phi) is 9.37. The molecule has 1 aromatic carbocycles. The van der Waals surface area contributed by atoms with E-state index in [-0.39, 0.29) is 35.7 Å². The summed E-state index contributed by atoms with van der Waals surface area (Å²) in [5.41, 5.74) is 0.454. The summed E-state index contributed by atoms with van der Waals surface area (Å²) in [6, 6.07) is 5.19. The number of amides is 3. The SMILES string of the molecule is C#Cc1ccccc1C(C(=O)NC(C)C)N(C(=O)C(CC(C)C)NC(=O)OC(C)(C)C)C1CC1C. The Morgan fingerprint density at radius 1 is 1.14 bits per heavy atom. The van der Waals surface area contributed by atoms with E-state index in [9.17, 15) is 14.4 Å². The zero-order valence-corrected chi connectivity index (χ0v) is 22.3. The van der Waals surface area contributed by atoms with Crippen LogP contribution in [0, 0.1) is 24.2 Å². The van der Waals surface area contributed by atoms with Crippen molar-refractivity contribution >= 4 is 17.9 Å². The van der Waals surface area contributed by atoms with Gasteiger partial charge in [0.15, 0.2) is 0 Å². The number of benzene rings is 1. The Labute approximate surface area is 210 Å². The second-order valence-electron chi connectivity index (χ2n) is 11.2. The number of alkyl carbamates (subject to hydrolysis) is 1. The van der Waals surface area contributed by atoms with Crippen LogP contribution in [0.1, 0.15) is 85.4 Å². The second-order valence-corrected chi connectivity index (χ2v) is 11.2. The molecule has 1 aliphatic carbocycles. The van der Waals surface area contributed by atoms with Gasteiger partial charge >= 0.3 is 6.09 Å². The van der Waals surface area contributed by atoms with Crippen LogP contribution in [0.4, 0.5) is 4.79 Å². The predicted molar refractivity (Wildman–Crippen MR) is 137 cm³/mol. The first-order chi connectivity index (χ1) is 16.2. The average Bonchev–Trinajstić information content (AvgIpc) is 3.44. The highest BCUT2D eigenvalue weighted by molar-refractivity contribution is 5.93. The molecule has 1 aliphatic rings. The first kappa shape index (κ1) is 28.2. The van der Waals surface area contributed by atoms with Crippen LogP contribution in [0.15, 0.2) is 24.3 Å². The van der Waals surface area contributed by atoms with E-state index in [1.165, 1.54) is 0 Å². The maximum atomic E-state index is 14.1. The third-order valence-electron chi connectivity index (χ3n) is 5.74. The summed E-state index contributed by atoms with van der Waals surface area (Å²) in [5.74, 6) is 2.41. The Morgan fingerprint density at radius 2 is 1.74 bits per heavy atom. The molecular weight excluding hydrogens is 442 g/mol. The molecule has 0 saturated heterocycles. The first-order valence-electron chi connectivity index (χ1n) is 12.4. The van der Waals surface area contributed by atoms with Crippen molar-refractivity contribution < 1.29 is 19.1 Å². The van der Waals surface area contributed by atoms with Crippen molar-refractivity contribution in [3.8, 4) is 12.3 Å². The van der Waals surface area contributed by atoms with Crippen molar-refractivity contribution in [3.63, 3.8) is 0 Å². The largest absolute Gasteiger partial charge is 0.444 e. The van der Waals surface area contributed by atoms with Crippen LogP contribution >= 0.6 is 0 Å². The molecule has 0 aliphatic heterocycles. The molecule has 4 atom stereocenters. The lowest BCUT2D eigenvalue weighted by atomic mass is 9.95. The fraction of sp³-hybridized carbons (Fsp3) is 0.607. The number of carbonyl (C=O) groups excluding carboxylic acids is 3. The van der Waals surface area contributed by atoms with Gasteiger partial charge in [-0.1, -0.05) is 44.9 Å². The summed E-state index contributed by atoms with van der Waals surface area (Å²) >= 11 is 0. The highest BCUT2D eigenvalue weighted by Crippen LogP contribution is 2.41. The van der Waals surface area contributed by atoms with Gasteiger partial charge in [-0.2, -0.15) is 0 Å². The van der Waals surface area contributed by atoms with Crippen LogP contribution in [0.2, 0.25) is 0 Å². The molecule has 2 rings (SSSR count). The molecule has 2 N–H and O–H groups in total. The Balaban J connectivity index is 2.54. The molecule has 0 radical (unpaired) electrons. The molecule has 0 heterocycles. The van der Waals surface area contributed by atoms with Gasteiger partial charge in [0.2, 0.25) is 11.8 Å². The van der Waals surface area contributed by atoms with Gasteiger partial charge in [-0.3, -0.25) is 9.59 Å². The molecule has 3 amide bonds. The monoisotopic (exact) mass is 483 g/mol. The molecule has 1 aromatic rings. The summed E-state index contributed by atoms with van der Waals surface area (Å²) < 4.78 is 5.43. The van der Waals surface area contributed by atoms with Crippen LogP contribution in [0.5, 0.6) is 0 Å². The molecule has 0 bridgehead atoms. The molecule has 7 heteroatoms. The van der Waals surface area contributed by atoms with Gasteiger partial charge in [0, 0.05) is 17.6 Å². The molecule has 1 fully saturated rings. The van der Waals surface area contributed by atoms with E-state index in [2.05, 4.69) is 16.6 Å². The molecule has 7 nitrogen and oxygen atoms in total. The topological polar surface area (TPSA) is 87.7 Å². The van der Waals surface area contributed by atoms with Gasteiger partial charge in [-0.15, -0.1) is 6.42 Å². The number of nitrogens with one attached hydrogen (secondary N) is 2. The quantitative estimate of drug-likeness (QED) is 0.509. The summed E-state index contributed by atoms with van der Waals surface area (Å²) in [7, 11) is 0. The van der Waals surface area contributed by atoms with Gasteiger partial charge < -0.3 is 20.3 Å². The van der Waals surface area contributed by atoms with E-state index < -0.39 is 23.8 Å². The first-order valence-corrected chi connectivity index (χ1v) is 12.4. The number of carbonyl (C=O) groups is 3. The van der Waals surface area contributed by atoms with Crippen LogP contribution in [0.3, 0.4) is 0 Å². The minimum absolute atomic E-state index is 0.122. The third kappa shape index (κ3) is 8.02. The fourth-order valence-corrected chi connectivity index (χ4v) is 4.14. The summed E-state index contributed by atoms with van der Waals surface area (Å²) in [6.07, 6.45) is 6.30. The van der Waals surface area contributed by atoms with Crippen molar-refractivity contribution in [1.82, 2.24) is 15.5 Å². The number of hydrogen-bond acceptors (Lipinski definition) is 4. The van der Waals surface area contributed by atoms with E-state index in [0.29, 0.717) is 17.5 Å². The number of nitrogens with zero attached hydrogens (tertiary/aromatic N) is 1. The lowest BCUT2D eigenvalue weighted by molar-refractivity contribution is -0.144. The molecular formula is C28H41N3O4. The van der Waals surface area contributed by atoms with E-state index in [4.69, 9.17) is 11.2 Å². The van der Waals surface area contributed by atoms with Crippen molar-refractivity contribution in [2.75, 3.05) is 0 Å². The van der Waals surface area contributed by atoms with Gasteiger partial charge in [0.25, 0.3) is 0 Å². The van der Waals surface area contributed by atoms with E-state index in [1.54, 1.807) is 37.8 Å². The normalized spacial score (nSPS) is 18.9. The maximum absolute atomic E-state index is 14.1. The van der Waals surface area contributed by atoms with Gasteiger partial charge in [0.05, 0.1) is 0 Å². The summed E-state index contributed by atoms with van der Waals surface area (Å²) in [4.78, 5) is 42.0. The van der Waals surface area contributed by atoms with Crippen molar-refractivity contribution in [1.29, 1.82) is 0 Å². The number of terminal acetylenes is 1. The minimum Gasteiger partial charge on any atom is -0.444 e. The Hall–Kier alpha value is -3.01. The predicted octanol–water partition coefficient (Wildman–Crippen LogP) is 4.41. The zero-order chi connectivity index (χ0) is 26.5. The molecule has 0 spiro atoms. The van der Waals surface area contributed by atoms with Crippen LogP contribution in [-0.2, 0) is 14.3 Å². The third-order valence-corrected chi connectivity index (χ3v) is 5.74. The van der Waals surface area contributed by atoms with Gasteiger partial charge in [0.1, 0.15) is 17.7 Å². The molecule has 4 unspecified atom stereocenters. The standard InChI is InChI=1S/C28H41N3O4/c1-10-20-13-11-12-14-21(20)24(25(32)29-18(4)5)31(23-16-19(23)6)26(33)22(15-17(2)3)30-27(34)35-28(7,8)9/h1,11-14,17-19,22-24H,15-16H2,2-9H3,(H,29,32)(H,30,34). The number of ether oxygens (including phenoxy) is 1. The number of hydrogen-bond donors (Lipinski definition) is 2. The average molecular weight is 484 g/mol. The van der Waals surface area contributed by atoms with Crippen molar-refractivity contribution in [2.24, 2.45) is 11.8 Å². The lowest BCUT2D eigenvalue weighted by Crippen LogP contribution is -2.55. The summed E-state index contributed by atoms with van der Waals surface area (Å²) in [5, 5.41) is 5.74. The highest BCUT2D eigenvalue weighted by atomic mass is 16.6. The highest BCUT2D eigenvalue weighted by Gasteiger charge is 2.48. The smallest absolute Gasteiger partial charge is 0.408 e. The fourth-order valence-electron chi connectivity index (χ4n) is 4.14. The van der Waals surface area contributed by atoms with Crippen LogP contribution in [-0.4, -0.2) is 46.5 Å². The minimum atomic E-state index is -0.915. The number of rotatable bonds is 9. The Morgan fingerprint density at radius 3 is 2.23 bits per heavy atom. The van der Waals surface area contributed by atoms with Crippen molar-refractivity contribution in [2.45, 2.75) is 98.0 Å². The molecule has 35 heavy (non-hydrogen) atoms. The van der Waals surface area contributed by atoms with E-state index >= 15 is 0 Å². The molecule has 1 saturated carbocycles. The van der Waals surface area contributed by atoms with Gasteiger partial charge in [-0.25, -0.2) is 4.79 Å². The molecule has 192 valence electrons. The van der Waals surface area contributed by atoms with E-state index in [1.807, 2.05) is 46.8 Å². The van der Waals surface area contributed by atoms with Crippen LogP contribution < -0.4 is 10.6 Å². The lowest BCUT2D eigenvalue weighted by Gasteiger charge is -2.36. The zero-order valence-electron chi connectivity index (χ0n) is 22.3. The summed E-state index contributed by atoms with van der Waals surface area (Å²) in [6.45, 7) is 15.1. The van der Waals surface area contributed by atoms with Crippen molar-refractivity contribution in [3.05, 3.63) is 35.4 Å². The second kappa shape index (κ2) is 11.6. The molecule has 0 aromatic heterocycles.